The van der Waals surface area contributed by atoms with E-state index in [9.17, 15) is 17.6 Å². The Balaban J connectivity index is 3.03. The van der Waals surface area contributed by atoms with Gasteiger partial charge in [0.2, 0.25) is 0 Å². The van der Waals surface area contributed by atoms with Gasteiger partial charge < -0.3 is 4.90 Å². The Morgan fingerprint density at radius 1 is 1.22 bits per heavy atom. The summed E-state index contributed by atoms with van der Waals surface area (Å²) in [5.41, 5.74) is -0.747. The van der Waals surface area contributed by atoms with Crippen molar-refractivity contribution >= 4 is 21.6 Å². The molecule has 0 N–H and O–H groups in total. The van der Waals surface area contributed by atoms with Gasteiger partial charge in [-0.1, -0.05) is 22.9 Å². The summed E-state index contributed by atoms with van der Waals surface area (Å²) in [6, 6.07) is 2.65. The predicted octanol–water partition coefficient (Wildman–Crippen LogP) is 4.46. The zero-order valence-electron chi connectivity index (χ0n) is 9.90. The summed E-state index contributed by atoms with van der Waals surface area (Å²) in [5.74, 6) is -0.834. The van der Waals surface area contributed by atoms with Crippen LogP contribution in [0.2, 0.25) is 0 Å². The van der Waals surface area contributed by atoms with Gasteiger partial charge in [0.05, 0.1) is 11.3 Å². The third-order valence-corrected chi connectivity index (χ3v) is 2.82. The lowest BCUT2D eigenvalue weighted by atomic mass is 10.1. The largest absolute Gasteiger partial charge is 0.416 e. The molecule has 0 saturated carbocycles. The first-order valence-corrected chi connectivity index (χ1v) is 6.70. The van der Waals surface area contributed by atoms with Crippen LogP contribution in [0.4, 0.5) is 23.2 Å². The summed E-state index contributed by atoms with van der Waals surface area (Å²) in [4.78, 5) is 1.73. The minimum Gasteiger partial charge on any atom is -0.368 e. The summed E-state index contributed by atoms with van der Waals surface area (Å²) in [6.07, 6.45) is -3.71. The van der Waals surface area contributed by atoms with Gasteiger partial charge in [0, 0.05) is 18.4 Å². The molecule has 1 rings (SSSR count). The number of rotatable bonds is 5. The Morgan fingerprint density at radius 2 is 1.89 bits per heavy atom. The van der Waals surface area contributed by atoms with Crippen LogP contribution in [0.1, 0.15) is 18.9 Å². The first-order valence-electron chi connectivity index (χ1n) is 5.57. The highest BCUT2D eigenvalue weighted by Crippen LogP contribution is 2.32. The molecule has 18 heavy (non-hydrogen) atoms. The zero-order chi connectivity index (χ0) is 13.8. The number of nitrogens with zero attached hydrogens (tertiary/aromatic N) is 1. The van der Waals surface area contributed by atoms with Gasteiger partial charge in [0.15, 0.2) is 0 Å². The average molecular weight is 328 g/mol. The highest BCUT2D eigenvalue weighted by molar-refractivity contribution is 9.09. The van der Waals surface area contributed by atoms with E-state index in [2.05, 4.69) is 15.9 Å². The van der Waals surface area contributed by atoms with E-state index in [4.69, 9.17) is 0 Å². The highest BCUT2D eigenvalue weighted by atomic mass is 79.9. The lowest BCUT2D eigenvalue weighted by Crippen LogP contribution is -2.27. The van der Waals surface area contributed by atoms with Crippen LogP contribution >= 0.6 is 15.9 Å². The van der Waals surface area contributed by atoms with Gasteiger partial charge in [0.1, 0.15) is 5.82 Å². The maximum Gasteiger partial charge on any atom is 0.416 e. The van der Waals surface area contributed by atoms with Crippen molar-refractivity contribution in [3.63, 3.8) is 0 Å². The van der Waals surface area contributed by atoms with Gasteiger partial charge in [-0.25, -0.2) is 4.39 Å². The minimum absolute atomic E-state index is 0.212. The van der Waals surface area contributed by atoms with Crippen molar-refractivity contribution in [1.82, 2.24) is 0 Å². The van der Waals surface area contributed by atoms with E-state index in [0.29, 0.717) is 24.5 Å². The first-order chi connectivity index (χ1) is 8.40. The van der Waals surface area contributed by atoms with Crippen molar-refractivity contribution in [2.24, 2.45) is 0 Å². The van der Waals surface area contributed by atoms with Crippen LogP contribution in [-0.4, -0.2) is 18.4 Å². The Bertz CT molecular complexity index is 386. The second-order valence-electron chi connectivity index (χ2n) is 3.84. The van der Waals surface area contributed by atoms with Crippen molar-refractivity contribution in [2.75, 3.05) is 23.3 Å². The van der Waals surface area contributed by atoms with Crippen LogP contribution in [0.25, 0.3) is 0 Å². The molecule has 0 atom stereocenters. The topological polar surface area (TPSA) is 3.24 Å². The van der Waals surface area contributed by atoms with Gasteiger partial charge in [-0.15, -0.1) is 0 Å². The lowest BCUT2D eigenvalue weighted by molar-refractivity contribution is -0.137. The number of alkyl halides is 4. The standard InChI is InChI=1S/C12H14BrF4N/c1-2-6-18(7-5-13)11-4-3-9(8-10(11)14)12(15,16)17/h3-4,8H,2,5-7H2,1H3. The normalized spacial score (nSPS) is 11.7. The van der Waals surface area contributed by atoms with Crippen LogP contribution in [0.5, 0.6) is 0 Å². The SMILES string of the molecule is CCCN(CCBr)c1ccc(C(F)(F)F)cc1F. The van der Waals surface area contributed by atoms with Crippen LogP contribution < -0.4 is 4.90 Å². The predicted molar refractivity (Wildman–Crippen MR) is 67.7 cm³/mol. The smallest absolute Gasteiger partial charge is 0.368 e. The molecule has 0 unspecified atom stereocenters. The summed E-state index contributed by atoms with van der Waals surface area (Å²) < 4.78 is 50.9. The van der Waals surface area contributed by atoms with Crippen LogP contribution in [0.15, 0.2) is 18.2 Å². The van der Waals surface area contributed by atoms with Gasteiger partial charge in [-0.2, -0.15) is 13.2 Å². The van der Waals surface area contributed by atoms with Crippen LogP contribution in [0, 0.1) is 5.82 Å². The quantitative estimate of drug-likeness (QED) is 0.570. The molecule has 1 aromatic carbocycles. The van der Waals surface area contributed by atoms with E-state index in [1.165, 1.54) is 6.07 Å². The number of halogens is 5. The van der Waals surface area contributed by atoms with Crippen molar-refractivity contribution in [3.8, 4) is 0 Å². The molecule has 0 aliphatic carbocycles. The molecule has 0 aliphatic heterocycles. The minimum atomic E-state index is -4.51. The maximum absolute atomic E-state index is 13.7. The van der Waals surface area contributed by atoms with Gasteiger partial charge in [-0.05, 0) is 24.6 Å². The molecule has 0 aliphatic rings. The molecule has 1 aromatic rings. The van der Waals surface area contributed by atoms with E-state index in [1.54, 1.807) is 4.90 Å². The summed E-state index contributed by atoms with van der Waals surface area (Å²) in [7, 11) is 0. The molecule has 0 heterocycles. The lowest BCUT2D eigenvalue weighted by Gasteiger charge is -2.24. The summed E-state index contributed by atoms with van der Waals surface area (Å²) >= 11 is 3.24. The number of hydrogen-bond acceptors (Lipinski definition) is 1. The second-order valence-corrected chi connectivity index (χ2v) is 4.63. The van der Waals surface area contributed by atoms with Crippen molar-refractivity contribution < 1.29 is 17.6 Å². The van der Waals surface area contributed by atoms with Gasteiger partial charge in [-0.3, -0.25) is 0 Å². The Morgan fingerprint density at radius 3 is 2.33 bits per heavy atom. The molecular formula is C12H14BrF4N. The van der Waals surface area contributed by atoms with Crippen LogP contribution in [0.3, 0.4) is 0 Å². The molecule has 0 fully saturated rings. The molecule has 0 aromatic heterocycles. The number of hydrogen-bond donors (Lipinski definition) is 0. The Labute approximate surface area is 112 Å². The fraction of sp³-hybridized carbons (Fsp3) is 0.500. The Hall–Kier alpha value is -0.780. The maximum atomic E-state index is 13.7. The van der Waals surface area contributed by atoms with Crippen molar-refractivity contribution in [3.05, 3.63) is 29.6 Å². The molecule has 1 nitrogen and oxygen atoms in total. The molecule has 0 amide bonds. The van der Waals surface area contributed by atoms with Crippen molar-refractivity contribution in [2.45, 2.75) is 19.5 Å². The fourth-order valence-corrected chi connectivity index (χ4v) is 2.09. The van der Waals surface area contributed by atoms with E-state index < -0.39 is 17.6 Å². The average Bonchev–Trinajstić information content (AvgIpc) is 2.27. The van der Waals surface area contributed by atoms with Crippen LogP contribution in [-0.2, 0) is 6.18 Å². The monoisotopic (exact) mass is 327 g/mol. The highest BCUT2D eigenvalue weighted by Gasteiger charge is 2.31. The second kappa shape index (κ2) is 6.41. The van der Waals surface area contributed by atoms with E-state index in [0.717, 1.165) is 12.5 Å². The summed E-state index contributed by atoms with van der Waals surface area (Å²) in [6.45, 7) is 3.09. The zero-order valence-corrected chi connectivity index (χ0v) is 11.5. The number of benzene rings is 1. The third kappa shape index (κ3) is 3.86. The van der Waals surface area contributed by atoms with Gasteiger partial charge in [0.25, 0.3) is 0 Å². The number of anilines is 1. The van der Waals surface area contributed by atoms with Gasteiger partial charge >= 0.3 is 6.18 Å². The third-order valence-electron chi connectivity index (χ3n) is 2.46. The molecule has 0 saturated heterocycles. The molecular weight excluding hydrogens is 314 g/mol. The van der Waals surface area contributed by atoms with E-state index >= 15 is 0 Å². The first kappa shape index (κ1) is 15.3. The fourth-order valence-electron chi connectivity index (χ4n) is 1.66. The summed E-state index contributed by atoms with van der Waals surface area (Å²) in [5, 5.41) is 0.632. The van der Waals surface area contributed by atoms with Crippen molar-refractivity contribution in [1.29, 1.82) is 0 Å². The van der Waals surface area contributed by atoms with E-state index in [1.807, 2.05) is 6.92 Å². The molecule has 6 heteroatoms. The molecule has 102 valence electrons. The van der Waals surface area contributed by atoms with E-state index in [-0.39, 0.29) is 5.69 Å². The Kier molecular flexibility index (Phi) is 5.44. The molecule has 0 bridgehead atoms. The molecule has 0 spiro atoms. The molecule has 0 radical (unpaired) electrons.